The molecule has 0 unspecified atom stereocenters. The van der Waals surface area contributed by atoms with Crippen molar-refractivity contribution in [2.75, 3.05) is 19.8 Å². The van der Waals surface area contributed by atoms with Gasteiger partial charge in [0.25, 0.3) is 0 Å². The topological polar surface area (TPSA) is 43.4 Å². The molecule has 1 aliphatic heterocycles. The van der Waals surface area contributed by atoms with E-state index in [1.807, 2.05) is 6.07 Å². The van der Waals surface area contributed by atoms with Crippen molar-refractivity contribution in [3.8, 4) is 0 Å². The Morgan fingerprint density at radius 3 is 2.80 bits per heavy atom. The highest BCUT2D eigenvalue weighted by atomic mass is 16.5. The van der Waals surface area contributed by atoms with Crippen LogP contribution in [0.25, 0.3) is 0 Å². The zero-order valence-corrected chi connectivity index (χ0v) is 12.6. The van der Waals surface area contributed by atoms with Gasteiger partial charge < -0.3 is 14.8 Å². The Morgan fingerprint density at radius 2 is 2.05 bits per heavy atom. The Balaban J connectivity index is 1.73. The Hall–Kier alpha value is -0.970. The van der Waals surface area contributed by atoms with Crippen LogP contribution in [0.3, 0.4) is 0 Å². The lowest BCUT2D eigenvalue weighted by molar-refractivity contribution is 0.0150. The van der Waals surface area contributed by atoms with Crippen LogP contribution in [0, 0.1) is 5.92 Å². The van der Waals surface area contributed by atoms with E-state index in [0.29, 0.717) is 18.6 Å². The summed E-state index contributed by atoms with van der Waals surface area (Å²) in [5.41, 5.74) is 2.09. The molecule has 112 valence electrons. The molecule has 1 aliphatic rings. The molecule has 1 aromatic rings. The minimum atomic E-state index is 0.477. The van der Waals surface area contributed by atoms with Gasteiger partial charge in [-0.3, -0.25) is 4.98 Å². The lowest BCUT2D eigenvalue weighted by Gasteiger charge is -2.21. The van der Waals surface area contributed by atoms with Gasteiger partial charge in [0.1, 0.15) is 0 Å². The molecule has 0 spiro atoms. The molecule has 0 aromatic carbocycles. The maximum atomic E-state index is 5.80. The van der Waals surface area contributed by atoms with E-state index in [2.05, 4.69) is 36.3 Å². The maximum Gasteiger partial charge on any atom is 0.0888 e. The fraction of sp³-hybridized carbons (Fsp3) is 0.688. The van der Waals surface area contributed by atoms with E-state index in [0.717, 1.165) is 50.6 Å². The Morgan fingerprint density at radius 1 is 1.30 bits per heavy atom. The second-order valence-corrected chi connectivity index (χ2v) is 5.73. The van der Waals surface area contributed by atoms with Crippen LogP contribution >= 0.6 is 0 Å². The number of pyridine rings is 1. The summed E-state index contributed by atoms with van der Waals surface area (Å²) in [7, 11) is 0. The van der Waals surface area contributed by atoms with Crippen molar-refractivity contribution in [2.24, 2.45) is 5.92 Å². The average Bonchev–Trinajstić information content (AvgIpc) is 2.47. The summed E-state index contributed by atoms with van der Waals surface area (Å²) in [5.74, 6) is 0.648. The number of hydrogen-bond acceptors (Lipinski definition) is 4. The van der Waals surface area contributed by atoms with E-state index in [1.54, 1.807) is 0 Å². The molecule has 20 heavy (non-hydrogen) atoms. The van der Waals surface area contributed by atoms with Gasteiger partial charge in [0.2, 0.25) is 0 Å². The van der Waals surface area contributed by atoms with Gasteiger partial charge in [-0.05, 0) is 30.9 Å². The average molecular weight is 278 g/mol. The van der Waals surface area contributed by atoms with E-state index in [-0.39, 0.29) is 0 Å². The molecule has 0 saturated carbocycles. The molecule has 0 amide bonds. The first-order chi connectivity index (χ1) is 9.74. The molecule has 1 aromatic heterocycles. The minimum absolute atomic E-state index is 0.477. The van der Waals surface area contributed by atoms with Crippen LogP contribution in [0.15, 0.2) is 18.2 Å². The quantitative estimate of drug-likeness (QED) is 0.832. The first kappa shape index (κ1) is 15.4. The SMILES string of the molecule is CC(C)NCc1cccc(COCC2CCOCC2)n1. The molecule has 0 radical (unpaired) electrons. The number of hydrogen-bond donors (Lipinski definition) is 1. The van der Waals surface area contributed by atoms with Crippen molar-refractivity contribution in [3.05, 3.63) is 29.6 Å². The maximum absolute atomic E-state index is 5.80. The molecule has 0 aliphatic carbocycles. The smallest absolute Gasteiger partial charge is 0.0888 e. The monoisotopic (exact) mass is 278 g/mol. The van der Waals surface area contributed by atoms with E-state index in [4.69, 9.17) is 9.47 Å². The summed E-state index contributed by atoms with van der Waals surface area (Å²) in [6, 6.07) is 6.61. The summed E-state index contributed by atoms with van der Waals surface area (Å²) in [5, 5.41) is 3.38. The standard InChI is InChI=1S/C16H26N2O2/c1-13(2)17-10-15-4-3-5-16(18-15)12-20-11-14-6-8-19-9-7-14/h3-5,13-14,17H,6-12H2,1-2H3. The fourth-order valence-corrected chi connectivity index (χ4v) is 2.26. The van der Waals surface area contributed by atoms with Crippen LogP contribution in [0.1, 0.15) is 38.1 Å². The van der Waals surface area contributed by atoms with Gasteiger partial charge >= 0.3 is 0 Å². The number of rotatable bonds is 7. The van der Waals surface area contributed by atoms with Crippen LogP contribution < -0.4 is 5.32 Å². The van der Waals surface area contributed by atoms with Crippen LogP contribution in [-0.2, 0) is 22.6 Å². The fourth-order valence-electron chi connectivity index (χ4n) is 2.26. The predicted molar refractivity (Wildman–Crippen MR) is 79.4 cm³/mol. The lowest BCUT2D eigenvalue weighted by Crippen LogP contribution is -2.22. The van der Waals surface area contributed by atoms with Crippen LogP contribution in [-0.4, -0.2) is 30.8 Å². The summed E-state index contributed by atoms with van der Waals surface area (Å²) in [4.78, 5) is 4.62. The second-order valence-electron chi connectivity index (χ2n) is 5.73. The molecule has 0 bridgehead atoms. The predicted octanol–water partition coefficient (Wildman–Crippen LogP) is 2.52. The van der Waals surface area contributed by atoms with Gasteiger partial charge in [-0.15, -0.1) is 0 Å². The van der Waals surface area contributed by atoms with Crippen molar-refractivity contribution in [1.82, 2.24) is 10.3 Å². The first-order valence-corrected chi connectivity index (χ1v) is 7.57. The van der Waals surface area contributed by atoms with E-state index < -0.39 is 0 Å². The first-order valence-electron chi connectivity index (χ1n) is 7.57. The Labute approximate surface area is 121 Å². The van der Waals surface area contributed by atoms with E-state index in [9.17, 15) is 0 Å². The summed E-state index contributed by atoms with van der Waals surface area (Å²) in [6.45, 7) is 8.27. The largest absolute Gasteiger partial charge is 0.381 e. The van der Waals surface area contributed by atoms with Crippen molar-refractivity contribution >= 4 is 0 Å². The summed E-state index contributed by atoms with van der Waals surface area (Å²) in [6.07, 6.45) is 2.23. The Kier molecular flexibility index (Phi) is 6.43. The number of nitrogens with one attached hydrogen (secondary N) is 1. The van der Waals surface area contributed by atoms with Gasteiger partial charge in [0, 0.05) is 25.8 Å². The van der Waals surface area contributed by atoms with Crippen LogP contribution in [0.4, 0.5) is 0 Å². The van der Waals surface area contributed by atoms with Gasteiger partial charge in [-0.25, -0.2) is 0 Å². The molecule has 1 saturated heterocycles. The van der Waals surface area contributed by atoms with Crippen LogP contribution in [0.2, 0.25) is 0 Å². The van der Waals surface area contributed by atoms with Crippen molar-refractivity contribution < 1.29 is 9.47 Å². The normalized spacial score (nSPS) is 16.8. The van der Waals surface area contributed by atoms with Gasteiger partial charge in [-0.1, -0.05) is 19.9 Å². The third-order valence-corrected chi connectivity index (χ3v) is 3.50. The van der Waals surface area contributed by atoms with Crippen molar-refractivity contribution in [1.29, 1.82) is 0 Å². The Bertz CT molecular complexity index is 390. The molecule has 4 heteroatoms. The zero-order chi connectivity index (χ0) is 14.2. The van der Waals surface area contributed by atoms with Crippen LogP contribution in [0.5, 0.6) is 0 Å². The number of ether oxygens (including phenoxy) is 2. The molecule has 0 atom stereocenters. The second kappa shape index (κ2) is 8.35. The summed E-state index contributed by atoms with van der Waals surface area (Å²) < 4.78 is 11.2. The number of nitrogens with zero attached hydrogens (tertiary/aromatic N) is 1. The minimum Gasteiger partial charge on any atom is -0.381 e. The van der Waals surface area contributed by atoms with Gasteiger partial charge in [0.05, 0.1) is 24.6 Å². The zero-order valence-electron chi connectivity index (χ0n) is 12.6. The molecule has 4 nitrogen and oxygen atoms in total. The molecule has 1 fully saturated rings. The van der Waals surface area contributed by atoms with Crippen molar-refractivity contribution in [2.45, 2.75) is 45.9 Å². The van der Waals surface area contributed by atoms with E-state index >= 15 is 0 Å². The molecule has 1 N–H and O–H groups in total. The highest BCUT2D eigenvalue weighted by Gasteiger charge is 2.13. The lowest BCUT2D eigenvalue weighted by atomic mass is 10.0. The molecule has 2 heterocycles. The molecule has 2 rings (SSSR count). The molecular weight excluding hydrogens is 252 g/mol. The van der Waals surface area contributed by atoms with Gasteiger partial charge in [0.15, 0.2) is 0 Å². The number of aromatic nitrogens is 1. The highest BCUT2D eigenvalue weighted by Crippen LogP contribution is 2.15. The van der Waals surface area contributed by atoms with E-state index in [1.165, 1.54) is 0 Å². The molecular formula is C16H26N2O2. The summed E-state index contributed by atoms with van der Waals surface area (Å²) >= 11 is 0. The van der Waals surface area contributed by atoms with Crippen molar-refractivity contribution in [3.63, 3.8) is 0 Å². The van der Waals surface area contributed by atoms with Gasteiger partial charge in [-0.2, -0.15) is 0 Å². The third kappa shape index (κ3) is 5.57. The third-order valence-electron chi connectivity index (χ3n) is 3.50. The highest BCUT2D eigenvalue weighted by molar-refractivity contribution is 5.10.